The van der Waals surface area contributed by atoms with Crippen LogP contribution in [0.1, 0.15) is 46.2 Å². The molecule has 2 unspecified atom stereocenters. The highest BCUT2D eigenvalue weighted by Crippen LogP contribution is 2.11. The van der Waals surface area contributed by atoms with Gasteiger partial charge in [0.05, 0.1) is 0 Å². The molecular formula is C16H26N2O2. The van der Waals surface area contributed by atoms with Gasteiger partial charge in [0.15, 0.2) is 0 Å². The number of carbonyl (C=O) groups excluding carboxylic acids is 1. The van der Waals surface area contributed by atoms with Crippen LogP contribution >= 0.6 is 0 Å². The van der Waals surface area contributed by atoms with Crippen molar-refractivity contribution in [3.63, 3.8) is 0 Å². The largest absolute Gasteiger partial charge is 0.444 e. The monoisotopic (exact) mass is 278 g/mol. The van der Waals surface area contributed by atoms with Crippen molar-refractivity contribution < 1.29 is 9.53 Å². The molecule has 0 bridgehead atoms. The summed E-state index contributed by atoms with van der Waals surface area (Å²) in [6, 6.07) is 10.5. The SMILES string of the molecule is CC(CNC(C)c1ccccc1)NC(=O)OC(C)(C)C. The molecule has 0 heterocycles. The van der Waals surface area contributed by atoms with E-state index in [1.165, 1.54) is 5.56 Å². The summed E-state index contributed by atoms with van der Waals surface area (Å²) in [5.74, 6) is 0. The Morgan fingerprint density at radius 2 is 1.80 bits per heavy atom. The zero-order valence-corrected chi connectivity index (χ0v) is 13.1. The van der Waals surface area contributed by atoms with Crippen LogP contribution in [0.15, 0.2) is 30.3 Å². The predicted molar refractivity (Wildman–Crippen MR) is 81.7 cm³/mol. The Kier molecular flexibility index (Phi) is 6.02. The molecule has 0 radical (unpaired) electrons. The van der Waals surface area contributed by atoms with E-state index in [1.54, 1.807) is 0 Å². The lowest BCUT2D eigenvalue weighted by Gasteiger charge is -2.23. The van der Waals surface area contributed by atoms with Crippen LogP contribution in [0.2, 0.25) is 0 Å². The summed E-state index contributed by atoms with van der Waals surface area (Å²) in [5, 5.41) is 6.22. The lowest BCUT2D eigenvalue weighted by Crippen LogP contribution is -2.43. The van der Waals surface area contributed by atoms with Crippen LogP contribution < -0.4 is 10.6 Å². The predicted octanol–water partition coefficient (Wildman–Crippen LogP) is 3.25. The first kappa shape index (κ1) is 16.5. The number of nitrogens with one attached hydrogen (secondary N) is 2. The quantitative estimate of drug-likeness (QED) is 0.869. The summed E-state index contributed by atoms with van der Waals surface area (Å²) in [6.45, 7) is 10.3. The minimum Gasteiger partial charge on any atom is -0.444 e. The average molecular weight is 278 g/mol. The summed E-state index contributed by atoms with van der Waals surface area (Å²) in [6.07, 6.45) is -0.376. The van der Waals surface area contributed by atoms with Gasteiger partial charge in [0.2, 0.25) is 0 Å². The second-order valence-electron chi connectivity index (χ2n) is 6.09. The number of benzene rings is 1. The molecule has 4 nitrogen and oxygen atoms in total. The first-order chi connectivity index (χ1) is 9.28. The highest BCUT2D eigenvalue weighted by atomic mass is 16.6. The number of amides is 1. The topological polar surface area (TPSA) is 50.4 Å². The third-order valence-electron chi connectivity index (χ3n) is 2.79. The van der Waals surface area contributed by atoms with Crippen LogP contribution in [-0.4, -0.2) is 24.3 Å². The van der Waals surface area contributed by atoms with Crippen molar-refractivity contribution in [3.05, 3.63) is 35.9 Å². The molecule has 1 rings (SSSR count). The molecule has 0 fully saturated rings. The van der Waals surface area contributed by atoms with Crippen LogP contribution in [0.3, 0.4) is 0 Å². The second kappa shape index (κ2) is 7.29. The third-order valence-corrected chi connectivity index (χ3v) is 2.79. The molecule has 0 aliphatic heterocycles. The fraction of sp³-hybridized carbons (Fsp3) is 0.562. The summed E-state index contributed by atoms with van der Waals surface area (Å²) in [7, 11) is 0. The molecule has 0 aliphatic rings. The number of carbonyl (C=O) groups is 1. The maximum atomic E-state index is 11.6. The molecule has 0 aromatic heterocycles. The molecule has 0 saturated heterocycles. The van der Waals surface area contributed by atoms with Crippen LogP contribution in [0.25, 0.3) is 0 Å². The normalized spacial score (nSPS) is 14.4. The number of ether oxygens (including phenoxy) is 1. The van der Waals surface area contributed by atoms with Gasteiger partial charge in [0.25, 0.3) is 0 Å². The lowest BCUT2D eigenvalue weighted by molar-refractivity contribution is 0.0507. The Morgan fingerprint density at radius 3 is 2.35 bits per heavy atom. The molecule has 112 valence electrons. The van der Waals surface area contributed by atoms with E-state index in [0.717, 1.165) is 0 Å². The van der Waals surface area contributed by atoms with Crippen LogP contribution in [0.4, 0.5) is 4.79 Å². The molecule has 1 aromatic carbocycles. The maximum absolute atomic E-state index is 11.6. The highest BCUT2D eigenvalue weighted by Gasteiger charge is 2.17. The molecule has 1 amide bonds. The molecule has 4 heteroatoms. The van der Waals surface area contributed by atoms with Gasteiger partial charge in [-0.05, 0) is 40.2 Å². The lowest BCUT2D eigenvalue weighted by atomic mass is 10.1. The number of alkyl carbamates (subject to hydrolysis) is 1. The Morgan fingerprint density at radius 1 is 1.20 bits per heavy atom. The fourth-order valence-corrected chi connectivity index (χ4v) is 1.77. The van der Waals surface area contributed by atoms with Gasteiger partial charge in [-0.15, -0.1) is 0 Å². The van der Waals surface area contributed by atoms with Crippen molar-refractivity contribution in [2.24, 2.45) is 0 Å². The van der Waals surface area contributed by atoms with Crippen LogP contribution in [-0.2, 0) is 4.74 Å². The smallest absolute Gasteiger partial charge is 0.407 e. The first-order valence-corrected chi connectivity index (χ1v) is 7.06. The summed E-state index contributed by atoms with van der Waals surface area (Å²) < 4.78 is 5.22. The molecule has 2 atom stereocenters. The van der Waals surface area contributed by atoms with E-state index in [1.807, 2.05) is 45.9 Å². The van der Waals surface area contributed by atoms with Crippen molar-refractivity contribution in [1.29, 1.82) is 0 Å². The van der Waals surface area contributed by atoms with E-state index in [2.05, 4.69) is 29.7 Å². The Bertz CT molecular complexity index is 412. The van der Waals surface area contributed by atoms with Crippen molar-refractivity contribution in [3.8, 4) is 0 Å². The zero-order chi connectivity index (χ0) is 15.2. The molecule has 1 aromatic rings. The van der Waals surface area contributed by atoms with Gasteiger partial charge in [0, 0.05) is 18.6 Å². The van der Waals surface area contributed by atoms with Crippen LogP contribution in [0, 0.1) is 0 Å². The first-order valence-electron chi connectivity index (χ1n) is 7.06. The fourth-order valence-electron chi connectivity index (χ4n) is 1.77. The van der Waals surface area contributed by atoms with Gasteiger partial charge in [-0.25, -0.2) is 4.79 Å². The maximum Gasteiger partial charge on any atom is 0.407 e. The van der Waals surface area contributed by atoms with Crippen molar-refractivity contribution >= 4 is 6.09 Å². The number of rotatable bonds is 5. The Balaban J connectivity index is 2.33. The van der Waals surface area contributed by atoms with E-state index < -0.39 is 5.60 Å². The van der Waals surface area contributed by atoms with Gasteiger partial charge >= 0.3 is 6.09 Å². The van der Waals surface area contributed by atoms with Crippen LogP contribution in [0.5, 0.6) is 0 Å². The van der Waals surface area contributed by atoms with Gasteiger partial charge in [0.1, 0.15) is 5.60 Å². The number of hydrogen-bond donors (Lipinski definition) is 2. The minimum atomic E-state index is -0.464. The van der Waals surface area contributed by atoms with E-state index >= 15 is 0 Å². The van der Waals surface area contributed by atoms with Gasteiger partial charge in [-0.3, -0.25) is 0 Å². The third kappa shape index (κ3) is 6.57. The molecule has 0 saturated carbocycles. The zero-order valence-electron chi connectivity index (χ0n) is 13.1. The highest BCUT2D eigenvalue weighted by molar-refractivity contribution is 5.68. The van der Waals surface area contributed by atoms with E-state index in [-0.39, 0.29) is 18.2 Å². The second-order valence-corrected chi connectivity index (χ2v) is 6.09. The minimum absolute atomic E-state index is 0.0102. The standard InChI is InChI=1S/C16H26N2O2/c1-12(18-15(19)20-16(3,4)5)11-17-13(2)14-9-7-6-8-10-14/h6-10,12-13,17H,11H2,1-5H3,(H,18,19). The molecule has 0 spiro atoms. The van der Waals surface area contributed by atoms with Crippen molar-refractivity contribution in [2.45, 2.75) is 52.3 Å². The molecule has 2 N–H and O–H groups in total. The number of hydrogen-bond acceptors (Lipinski definition) is 3. The van der Waals surface area contributed by atoms with Gasteiger partial charge in [-0.2, -0.15) is 0 Å². The van der Waals surface area contributed by atoms with Crippen molar-refractivity contribution in [1.82, 2.24) is 10.6 Å². The summed E-state index contributed by atoms with van der Waals surface area (Å²) >= 11 is 0. The molecule has 20 heavy (non-hydrogen) atoms. The Hall–Kier alpha value is -1.55. The van der Waals surface area contributed by atoms with Crippen molar-refractivity contribution in [2.75, 3.05) is 6.54 Å². The van der Waals surface area contributed by atoms with E-state index in [9.17, 15) is 4.79 Å². The average Bonchev–Trinajstić information content (AvgIpc) is 2.34. The van der Waals surface area contributed by atoms with E-state index in [4.69, 9.17) is 4.74 Å². The molecular weight excluding hydrogens is 252 g/mol. The van der Waals surface area contributed by atoms with Gasteiger partial charge < -0.3 is 15.4 Å². The summed E-state index contributed by atoms with van der Waals surface area (Å²) in [4.78, 5) is 11.6. The Labute approximate surface area is 121 Å². The summed E-state index contributed by atoms with van der Waals surface area (Å²) in [5.41, 5.74) is 0.770. The van der Waals surface area contributed by atoms with E-state index in [0.29, 0.717) is 6.54 Å². The molecule has 0 aliphatic carbocycles. The van der Waals surface area contributed by atoms with Gasteiger partial charge in [-0.1, -0.05) is 30.3 Å².